The number of thiophene rings is 1. The first-order valence-electron chi connectivity index (χ1n) is 8.23. The summed E-state index contributed by atoms with van der Waals surface area (Å²) >= 11 is 1.36. The topological polar surface area (TPSA) is 59.8 Å². The number of hydrogen-bond acceptors (Lipinski definition) is 5. The van der Waals surface area contributed by atoms with Crippen LogP contribution in [0, 0.1) is 12.8 Å². The van der Waals surface area contributed by atoms with E-state index in [0.29, 0.717) is 23.9 Å². The van der Waals surface area contributed by atoms with Crippen LogP contribution in [0.15, 0.2) is 28.7 Å². The summed E-state index contributed by atoms with van der Waals surface area (Å²) in [5.74, 6) is 1.60. The van der Waals surface area contributed by atoms with Crippen molar-refractivity contribution in [1.29, 1.82) is 0 Å². The Hall–Kier alpha value is -2.08. The largest absolute Gasteiger partial charge is 0.461 e. The van der Waals surface area contributed by atoms with Crippen LogP contribution in [0.4, 0.5) is 0 Å². The molecule has 1 saturated heterocycles. The number of ether oxygens (including phenoxy) is 1. The minimum atomic E-state index is -0.327. The number of likely N-dealkylation sites (tertiary alicyclic amines) is 1. The maximum Gasteiger partial charge on any atom is 0.348 e. The van der Waals surface area contributed by atoms with Crippen LogP contribution >= 0.6 is 11.3 Å². The van der Waals surface area contributed by atoms with Gasteiger partial charge in [0, 0.05) is 24.9 Å². The molecule has 1 amide bonds. The highest BCUT2D eigenvalue weighted by Crippen LogP contribution is 2.33. The molecule has 1 aliphatic carbocycles. The Labute approximate surface area is 144 Å². The second-order valence-electron chi connectivity index (χ2n) is 6.52. The number of amides is 1. The van der Waals surface area contributed by atoms with Crippen molar-refractivity contribution in [3.05, 3.63) is 34.9 Å². The minimum absolute atomic E-state index is 0.120. The summed E-state index contributed by atoms with van der Waals surface area (Å²) in [4.78, 5) is 27.6. The van der Waals surface area contributed by atoms with Crippen LogP contribution in [0.3, 0.4) is 0 Å². The Balaban J connectivity index is 1.33. The summed E-state index contributed by atoms with van der Waals surface area (Å²) in [6, 6.07) is 7.86. The fourth-order valence-electron chi connectivity index (χ4n) is 3.07. The Bertz CT molecular complexity index is 774. The van der Waals surface area contributed by atoms with Gasteiger partial charge < -0.3 is 14.1 Å². The number of carbonyl (C=O) groups excluding carboxylic acids is 2. The van der Waals surface area contributed by atoms with Crippen molar-refractivity contribution in [1.82, 2.24) is 4.90 Å². The SMILES string of the molecule is Cc1ccc(-c2ccc(C(=O)OCC3CC(=O)N(C4CC4)C3)s2)o1. The van der Waals surface area contributed by atoms with Crippen LogP contribution in [0.5, 0.6) is 0 Å². The molecule has 1 atom stereocenters. The van der Waals surface area contributed by atoms with Crippen molar-refractivity contribution < 1.29 is 18.7 Å². The first-order valence-corrected chi connectivity index (χ1v) is 9.05. The number of hydrogen-bond donors (Lipinski definition) is 0. The molecule has 1 aliphatic heterocycles. The standard InChI is InChI=1S/C18H19NO4S/c1-11-2-5-14(23-11)15-6-7-16(24-15)18(21)22-10-12-8-17(20)19(9-12)13-3-4-13/h2,5-7,12-13H,3-4,8-10H2,1H3. The Morgan fingerprint density at radius 3 is 2.88 bits per heavy atom. The normalized spacial score (nSPS) is 20.6. The van der Waals surface area contributed by atoms with E-state index in [1.165, 1.54) is 11.3 Å². The highest BCUT2D eigenvalue weighted by molar-refractivity contribution is 7.17. The van der Waals surface area contributed by atoms with Crippen LogP contribution < -0.4 is 0 Å². The maximum atomic E-state index is 12.2. The second-order valence-corrected chi connectivity index (χ2v) is 7.60. The van der Waals surface area contributed by atoms with E-state index in [4.69, 9.17) is 9.15 Å². The zero-order valence-electron chi connectivity index (χ0n) is 13.5. The van der Waals surface area contributed by atoms with Gasteiger partial charge in [-0.3, -0.25) is 4.79 Å². The minimum Gasteiger partial charge on any atom is -0.461 e. The fourth-order valence-corrected chi connectivity index (χ4v) is 3.93. The van der Waals surface area contributed by atoms with Crippen LogP contribution in [0.2, 0.25) is 0 Å². The van der Waals surface area contributed by atoms with E-state index in [1.54, 1.807) is 6.07 Å². The van der Waals surface area contributed by atoms with E-state index >= 15 is 0 Å². The van der Waals surface area contributed by atoms with Gasteiger partial charge in [0.1, 0.15) is 16.4 Å². The van der Waals surface area contributed by atoms with Gasteiger partial charge in [0.15, 0.2) is 0 Å². The molecule has 5 nitrogen and oxygen atoms in total. The quantitative estimate of drug-likeness (QED) is 0.779. The van der Waals surface area contributed by atoms with Gasteiger partial charge in [0.25, 0.3) is 0 Å². The van der Waals surface area contributed by atoms with Gasteiger partial charge in [-0.05, 0) is 44.0 Å². The summed E-state index contributed by atoms with van der Waals surface area (Å²) in [7, 11) is 0. The van der Waals surface area contributed by atoms with Gasteiger partial charge in [-0.25, -0.2) is 4.79 Å². The van der Waals surface area contributed by atoms with E-state index in [1.807, 2.05) is 30.0 Å². The van der Waals surface area contributed by atoms with Crippen molar-refractivity contribution in [2.45, 2.75) is 32.2 Å². The van der Waals surface area contributed by atoms with E-state index in [9.17, 15) is 9.59 Å². The highest BCUT2D eigenvalue weighted by Gasteiger charge is 2.39. The molecule has 2 aromatic rings. The van der Waals surface area contributed by atoms with E-state index in [-0.39, 0.29) is 17.8 Å². The Kier molecular flexibility index (Phi) is 3.92. The summed E-state index contributed by atoms with van der Waals surface area (Å²) in [5.41, 5.74) is 0. The predicted octanol–water partition coefficient (Wildman–Crippen LogP) is 3.48. The smallest absolute Gasteiger partial charge is 0.348 e. The molecule has 3 heterocycles. The van der Waals surface area contributed by atoms with Crippen LogP contribution in [-0.4, -0.2) is 36.0 Å². The molecule has 0 radical (unpaired) electrons. The number of rotatable bonds is 5. The van der Waals surface area contributed by atoms with Gasteiger partial charge in [-0.2, -0.15) is 0 Å². The van der Waals surface area contributed by atoms with E-state index in [2.05, 4.69) is 0 Å². The summed E-state index contributed by atoms with van der Waals surface area (Å²) < 4.78 is 11.0. The van der Waals surface area contributed by atoms with E-state index in [0.717, 1.165) is 35.8 Å². The molecule has 2 aromatic heterocycles. The third-order valence-electron chi connectivity index (χ3n) is 4.47. The first-order chi connectivity index (χ1) is 11.6. The lowest BCUT2D eigenvalue weighted by molar-refractivity contribution is -0.128. The predicted molar refractivity (Wildman–Crippen MR) is 89.9 cm³/mol. The second kappa shape index (κ2) is 6.09. The molecule has 24 heavy (non-hydrogen) atoms. The van der Waals surface area contributed by atoms with Crippen molar-refractivity contribution in [3.8, 4) is 10.6 Å². The van der Waals surface area contributed by atoms with Gasteiger partial charge >= 0.3 is 5.97 Å². The lowest BCUT2D eigenvalue weighted by atomic mass is 10.1. The molecule has 2 aliphatic rings. The monoisotopic (exact) mass is 345 g/mol. The summed E-state index contributed by atoms with van der Waals surface area (Å²) in [5, 5.41) is 0. The number of aryl methyl sites for hydroxylation is 1. The zero-order chi connectivity index (χ0) is 16.7. The summed E-state index contributed by atoms with van der Waals surface area (Å²) in [6.07, 6.45) is 2.72. The molecular formula is C18H19NO4S. The third-order valence-corrected chi connectivity index (χ3v) is 5.55. The molecule has 126 valence electrons. The average molecular weight is 345 g/mol. The molecule has 1 saturated carbocycles. The van der Waals surface area contributed by atoms with Gasteiger partial charge in [0.2, 0.25) is 5.91 Å². The molecule has 4 rings (SSSR count). The summed E-state index contributed by atoms with van der Waals surface area (Å²) in [6.45, 7) is 2.92. The van der Waals surface area contributed by atoms with Crippen molar-refractivity contribution in [2.75, 3.05) is 13.2 Å². The maximum absolute atomic E-state index is 12.2. The highest BCUT2D eigenvalue weighted by atomic mass is 32.1. The number of furan rings is 1. The zero-order valence-corrected chi connectivity index (χ0v) is 14.3. The lowest BCUT2D eigenvalue weighted by Gasteiger charge is -2.15. The van der Waals surface area contributed by atoms with Crippen LogP contribution in [-0.2, 0) is 9.53 Å². The average Bonchev–Trinajstić information content (AvgIpc) is 2.97. The molecular weight excluding hydrogens is 326 g/mol. The third kappa shape index (κ3) is 3.11. The molecule has 0 N–H and O–H groups in total. The van der Waals surface area contributed by atoms with Crippen LogP contribution in [0.1, 0.15) is 34.7 Å². The molecule has 0 spiro atoms. The van der Waals surface area contributed by atoms with Crippen molar-refractivity contribution in [2.24, 2.45) is 5.92 Å². The molecule has 6 heteroatoms. The fraction of sp³-hybridized carbons (Fsp3) is 0.444. The van der Waals surface area contributed by atoms with Gasteiger partial charge in [0.05, 0.1) is 11.5 Å². The van der Waals surface area contributed by atoms with E-state index < -0.39 is 0 Å². The van der Waals surface area contributed by atoms with Crippen molar-refractivity contribution in [3.63, 3.8) is 0 Å². The van der Waals surface area contributed by atoms with Gasteiger partial charge in [-0.15, -0.1) is 11.3 Å². The molecule has 1 unspecified atom stereocenters. The Morgan fingerprint density at radius 2 is 2.17 bits per heavy atom. The van der Waals surface area contributed by atoms with Crippen molar-refractivity contribution >= 4 is 23.2 Å². The lowest BCUT2D eigenvalue weighted by Crippen LogP contribution is -2.27. The number of esters is 1. The van der Waals surface area contributed by atoms with Crippen LogP contribution in [0.25, 0.3) is 10.6 Å². The van der Waals surface area contributed by atoms with Gasteiger partial charge in [-0.1, -0.05) is 0 Å². The molecule has 0 bridgehead atoms. The number of carbonyl (C=O) groups is 2. The number of nitrogens with zero attached hydrogens (tertiary/aromatic N) is 1. The molecule has 2 fully saturated rings. The first kappa shape index (κ1) is 15.4. The Morgan fingerprint density at radius 1 is 1.33 bits per heavy atom. The molecule has 0 aromatic carbocycles.